The van der Waals surface area contributed by atoms with E-state index in [1.54, 1.807) is 11.8 Å². The van der Waals surface area contributed by atoms with Gasteiger partial charge in [-0.25, -0.2) is 4.79 Å². The van der Waals surface area contributed by atoms with E-state index in [0.717, 1.165) is 6.42 Å². The lowest BCUT2D eigenvalue weighted by molar-refractivity contribution is -0.143. The highest BCUT2D eigenvalue weighted by Crippen LogP contribution is 2.20. The normalized spacial score (nSPS) is 22.7. The smallest absolute Gasteiger partial charge is 0.320 e. The van der Waals surface area contributed by atoms with E-state index in [0.29, 0.717) is 13.0 Å². The minimum Gasteiger partial charge on any atom is -0.480 e. The third kappa shape index (κ3) is 2.69. The van der Waals surface area contributed by atoms with Gasteiger partial charge in [0.05, 0.1) is 6.04 Å². The minimum atomic E-state index is -0.948. The highest BCUT2D eigenvalue weighted by molar-refractivity contribution is 5.96. The van der Waals surface area contributed by atoms with Gasteiger partial charge < -0.3 is 10.8 Å². The lowest BCUT2D eigenvalue weighted by Gasteiger charge is -2.26. The average molecular weight is 229 g/mol. The minimum absolute atomic E-state index is 0.517. The monoisotopic (exact) mass is 229 g/mol. The van der Waals surface area contributed by atoms with Crippen LogP contribution in [0.15, 0.2) is 0 Å². The summed E-state index contributed by atoms with van der Waals surface area (Å²) in [6.07, 6.45) is 1.24. The van der Waals surface area contributed by atoms with Gasteiger partial charge in [0, 0.05) is 0 Å². The van der Waals surface area contributed by atoms with E-state index in [9.17, 15) is 14.4 Å². The second-order valence-corrected chi connectivity index (χ2v) is 3.76. The number of primary amides is 1. The largest absolute Gasteiger partial charge is 0.480 e. The molecule has 0 aromatic carbocycles. The number of rotatable bonds is 3. The Hall–Kier alpha value is -1.63. The summed E-state index contributed by atoms with van der Waals surface area (Å²) in [5.74, 6) is -1.52. The molecular weight excluding hydrogens is 214 g/mol. The first kappa shape index (κ1) is 12.4. The van der Waals surface area contributed by atoms with Crippen LogP contribution in [0.25, 0.3) is 0 Å². The van der Waals surface area contributed by atoms with Crippen molar-refractivity contribution in [3.8, 4) is 0 Å². The molecule has 0 radical (unpaired) electrons. The molecule has 0 saturated carbocycles. The van der Waals surface area contributed by atoms with Crippen molar-refractivity contribution in [1.29, 1.82) is 0 Å². The highest BCUT2D eigenvalue weighted by Gasteiger charge is 2.36. The number of likely N-dealkylation sites (tertiary alicyclic amines) is 1. The number of carboxylic acid groups (broad SMARTS) is 1. The Balaban J connectivity index is 2.65. The van der Waals surface area contributed by atoms with E-state index in [2.05, 4.69) is 0 Å². The summed E-state index contributed by atoms with van der Waals surface area (Å²) in [6, 6.07) is -2.26. The second kappa shape index (κ2) is 4.93. The Labute approximate surface area is 92.6 Å². The van der Waals surface area contributed by atoms with Gasteiger partial charge in [0.2, 0.25) is 5.91 Å². The number of urea groups is 1. The van der Waals surface area contributed by atoms with E-state index in [-0.39, 0.29) is 0 Å². The van der Waals surface area contributed by atoms with Crippen molar-refractivity contribution >= 4 is 17.9 Å². The number of carbonyl (C=O) groups excluding carboxylic acids is 2. The molecular formula is C9H15N3O4. The van der Waals surface area contributed by atoms with Gasteiger partial charge in [-0.05, 0) is 26.3 Å². The maximum atomic E-state index is 11.5. The van der Waals surface area contributed by atoms with Crippen LogP contribution in [0.4, 0.5) is 4.79 Å². The summed E-state index contributed by atoms with van der Waals surface area (Å²) in [7, 11) is 0. The van der Waals surface area contributed by atoms with Crippen molar-refractivity contribution in [3.05, 3.63) is 0 Å². The van der Waals surface area contributed by atoms with Gasteiger partial charge in [0.1, 0.15) is 6.04 Å². The summed E-state index contributed by atoms with van der Waals surface area (Å²) >= 11 is 0. The third-order valence-electron chi connectivity index (χ3n) is 2.70. The standard InChI is InChI=1S/C9H15N3O4/c1-5(7(13)11-9(10)16)12-4-2-3-6(12)8(14)15/h5-6H,2-4H2,1H3,(H,14,15)(H3,10,11,13,16). The molecule has 1 aliphatic rings. The number of nitrogens with two attached hydrogens (primary N) is 1. The van der Waals surface area contributed by atoms with Gasteiger partial charge >= 0.3 is 12.0 Å². The summed E-state index contributed by atoms with van der Waals surface area (Å²) < 4.78 is 0. The van der Waals surface area contributed by atoms with Crippen LogP contribution < -0.4 is 11.1 Å². The van der Waals surface area contributed by atoms with Crippen molar-refractivity contribution in [2.45, 2.75) is 31.8 Å². The highest BCUT2D eigenvalue weighted by atomic mass is 16.4. The maximum absolute atomic E-state index is 11.5. The summed E-state index contributed by atoms with van der Waals surface area (Å²) in [5.41, 5.74) is 4.82. The lowest BCUT2D eigenvalue weighted by Crippen LogP contribution is -2.51. The molecule has 1 fully saturated rings. The van der Waals surface area contributed by atoms with Crippen molar-refractivity contribution in [3.63, 3.8) is 0 Å². The molecule has 4 N–H and O–H groups in total. The predicted molar refractivity (Wildman–Crippen MR) is 54.6 cm³/mol. The first-order valence-corrected chi connectivity index (χ1v) is 5.02. The van der Waals surface area contributed by atoms with Crippen molar-refractivity contribution in [2.75, 3.05) is 6.54 Å². The number of aliphatic carboxylic acids is 1. The molecule has 0 spiro atoms. The van der Waals surface area contributed by atoms with E-state index in [1.165, 1.54) is 0 Å². The fourth-order valence-corrected chi connectivity index (χ4v) is 1.89. The molecule has 7 heteroatoms. The quantitative estimate of drug-likeness (QED) is 0.581. The number of carbonyl (C=O) groups is 3. The predicted octanol–water partition coefficient (Wildman–Crippen LogP) is -0.881. The molecule has 1 rings (SSSR count). The van der Waals surface area contributed by atoms with E-state index >= 15 is 0 Å². The van der Waals surface area contributed by atoms with Crippen LogP contribution >= 0.6 is 0 Å². The van der Waals surface area contributed by atoms with E-state index in [4.69, 9.17) is 10.8 Å². The van der Waals surface area contributed by atoms with Crippen LogP contribution in [0.5, 0.6) is 0 Å². The Kier molecular flexibility index (Phi) is 3.83. The van der Waals surface area contributed by atoms with Gasteiger partial charge in [0.25, 0.3) is 0 Å². The summed E-state index contributed by atoms with van der Waals surface area (Å²) in [5, 5.41) is 10.9. The zero-order valence-electron chi connectivity index (χ0n) is 8.97. The van der Waals surface area contributed by atoms with Crippen molar-refractivity contribution in [2.24, 2.45) is 5.73 Å². The number of hydrogen-bond donors (Lipinski definition) is 3. The van der Waals surface area contributed by atoms with Crippen LogP contribution in [-0.4, -0.2) is 46.5 Å². The van der Waals surface area contributed by atoms with Gasteiger partial charge in [0.15, 0.2) is 0 Å². The molecule has 0 aliphatic carbocycles. The molecule has 90 valence electrons. The average Bonchev–Trinajstić information content (AvgIpc) is 2.63. The fraction of sp³-hybridized carbons (Fsp3) is 0.667. The Morgan fingerprint density at radius 2 is 2.12 bits per heavy atom. The van der Waals surface area contributed by atoms with Crippen molar-refractivity contribution in [1.82, 2.24) is 10.2 Å². The molecule has 0 aromatic rings. The number of amides is 3. The molecule has 1 saturated heterocycles. The molecule has 2 unspecified atom stereocenters. The van der Waals surface area contributed by atoms with Crippen LogP contribution in [0.2, 0.25) is 0 Å². The molecule has 0 aromatic heterocycles. The van der Waals surface area contributed by atoms with Gasteiger partial charge in [-0.15, -0.1) is 0 Å². The molecule has 3 amide bonds. The van der Waals surface area contributed by atoms with Gasteiger partial charge in [-0.2, -0.15) is 0 Å². The maximum Gasteiger partial charge on any atom is 0.320 e. The van der Waals surface area contributed by atoms with Crippen LogP contribution in [0, 0.1) is 0 Å². The molecule has 1 aliphatic heterocycles. The summed E-state index contributed by atoms with van der Waals surface area (Å²) in [6.45, 7) is 2.09. The molecule has 7 nitrogen and oxygen atoms in total. The first-order chi connectivity index (χ1) is 7.43. The molecule has 0 bridgehead atoms. The molecule has 2 atom stereocenters. The second-order valence-electron chi connectivity index (χ2n) is 3.76. The third-order valence-corrected chi connectivity index (χ3v) is 2.70. The molecule has 16 heavy (non-hydrogen) atoms. The summed E-state index contributed by atoms with van der Waals surface area (Å²) in [4.78, 5) is 34.4. The van der Waals surface area contributed by atoms with Crippen molar-refractivity contribution < 1.29 is 19.5 Å². The van der Waals surface area contributed by atoms with Gasteiger partial charge in [-0.1, -0.05) is 0 Å². The Morgan fingerprint density at radius 1 is 1.50 bits per heavy atom. The van der Waals surface area contributed by atoms with Crippen LogP contribution in [0.1, 0.15) is 19.8 Å². The number of imide groups is 1. The van der Waals surface area contributed by atoms with Crippen LogP contribution in [-0.2, 0) is 9.59 Å². The topological polar surface area (TPSA) is 113 Å². The Morgan fingerprint density at radius 3 is 2.62 bits per heavy atom. The Bertz CT molecular complexity index is 318. The zero-order valence-corrected chi connectivity index (χ0v) is 8.97. The van der Waals surface area contributed by atoms with Gasteiger partial charge in [-0.3, -0.25) is 19.8 Å². The number of nitrogens with zero attached hydrogens (tertiary/aromatic N) is 1. The number of carboxylic acids is 1. The fourth-order valence-electron chi connectivity index (χ4n) is 1.89. The van der Waals surface area contributed by atoms with E-state index < -0.39 is 30.0 Å². The first-order valence-electron chi connectivity index (χ1n) is 5.02. The number of hydrogen-bond acceptors (Lipinski definition) is 4. The lowest BCUT2D eigenvalue weighted by atomic mass is 10.2. The van der Waals surface area contributed by atoms with Crippen LogP contribution in [0.3, 0.4) is 0 Å². The zero-order chi connectivity index (χ0) is 12.3. The van der Waals surface area contributed by atoms with E-state index in [1.807, 2.05) is 5.32 Å². The SMILES string of the molecule is CC(C(=O)NC(N)=O)N1CCCC1C(=O)O. The number of nitrogens with one attached hydrogen (secondary N) is 1. The molecule has 1 heterocycles.